The first kappa shape index (κ1) is 14.3. The molecule has 6 nitrogen and oxygen atoms in total. The molecule has 114 valence electrons. The largest absolute Gasteiger partial charge is 0.354 e. The number of hydrogen-bond acceptors (Lipinski definition) is 5. The lowest BCUT2D eigenvalue weighted by atomic mass is 9.93. The van der Waals surface area contributed by atoms with Gasteiger partial charge in [0.2, 0.25) is 16.0 Å². The molecule has 3 rings (SSSR count). The first-order valence-corrected chi connectivity index (χ1v) is 8.06. The third kappa shape index (κ3) is 2.74. The quantitative estimate of drug-likeness (QED) is 0.872. The molecule has 0 bridgehead atoms. The lowest BCUT2D eigenvalue weighted by Crippen LogP contribution is -2.34. The second kappa shape index (κ2) is 4.98. The molecule has 0 aromatic carbocycles. The summed E-state index contributed by atoms with van der Waals surface area (Å²) in [4.78, 5) is 19.3. The number of fused-ring (bicyclic) bond motifs is 1. The van der Waals surface area contributed by atoms with Crippen LogP contribution in [0, 0.1) is 0 Å². The first-order valence-electron chi connectivity index (χ1n) is 7.24. The minimum atomic E-state index is 0.0276. The average molecular weight is 307 g/mol. The van der Waals surface area contributed by atoms with Gasteiger partial charge in [-0.2, -0.15) is 0 Å². The van der Waals surface area contributed by atoms with Gasteiger partial charge in [0.1, 0.15) is 0 Å². The first-order chi connectivity index (χ1) is 9.84. The summed E-state index contributed by atoms with van der Waals surface area (Å²) < 4.78 is 1.85. The van der Waals surface area contributed by atoms with E-state index in [4.69, 9.17) is 0 Å². The summed E-state index contributed by atoms with van der Waals surface area (Å²) in [5.41, 5.74) is 1.08. The standard InChI is InChI=1S/C14H21N5OS/c1-9-7-11(20)15-5-6-18(9)13-17-19-8-10(14(2,3)4)16-12(19)21-13/h8-9H,5-7H2,1-4H3,(H,15,20)/t9-/m0/s1. The smallest absolute Gasteiger partial charge is 0.222 e. The number of amides is 1. The number of carbonyl (C=O) groups excluding carboxylic acids is 1. The van der Waals surface area contributed by atoms with Crippen molar-refractivity contribution in [1.82, 2.24) is 19.9 Å². The lowest BCUT2D eigenvalue weighted by Gasteiger charge is -2.24. The molecule has 3 heterocycles. The molecule has 0 spiro atoms. The van der Waals surface area contributed by atoms with Gasteiger partial charge in [-0.25, -0.2) is 9.50 Å². The molecule has 1 fully saturated rings. The molecule has 1 amide bonds. The van der Waals surface area contributed by atoms with Gasteiger partial charge >= 0.3 is 0 Å². The summed E-state index contributed by atoms with van der Waals surface area (Å²) in [6.07, 6.45) is 2.51. The molecule has 1 aliphatic heterocycles. The summed E-state index contributed by atoms with van der Waals surface area (Å²) in [6, 6.07) is 0.158. The molecule has 1 atom stereocenters. The maximum Gasteiger partial charge on any atom is 0.222 e. The second-order valence-electron chi connectivity index (χ2n) is 6.58. The Morgan fingerprint density at radius 2 is 2.19 bits per heavy atom. The summed E-state index contributed by atoms with van der Waals surface area (Å²) >= 11 is 1.58. The van der Waals surface area contributed by atoms with Crippen LogP contribution in [0.3, 0.4) is 0 Å². The monoisotopic (exact) mass is 307 g/mol. The molecule has 0 unspecified atom stereocenters. The Balaban J connectivity index is 1.90. The number of carbonyl (C=O) groups is 1. The number of rotatable bonds is 1. The summed E-state index contributed by atoms with van der Waals surface area (Å²) in [6.45, 7) is 9.96. The summed E-state index contributed by atoms with van der Waals surface area (Å²) in [7, 11) is 0. The van der Waals surface area contributed by atoms with Crippen LogP contribution in [0.2, 0.25) is 0 Å². The average Bonchev–Trinajstić information content (AvgIpc) is 2.86. The molecular formula is C14H21N5OS. The van der Waals surface area contributed by atoms with E-state index in [1.54, 1.807) is 11.3 Å². The Hall–Kier alpha value is -1.63. The topological polar surface area (TPSA) is 62.5 Å². The maximum atomic E-state index is 11.6. The van der Waals surface area contributed by atoms with Crippen molar-refractivity contribution in [2.45, 2.75) is 45.6 Å². The van der Waals surface area contributed by atoms with Gasteiger partial charge in [0.15, 0.2) is 0 Å². The molecule has 0 radical (unpaired) electrons. The molecule has 2 aromatic heterocycles. The zero-order chi connectivity index (χ0) is 15.2. The second-order valence-corrected chi connectivity index (χ2v) is 7.52. The van der Waals surface area contributed by atoms with E-state index in [9.17, 15) is 4.79 Å². The number of hydrogen-bond donors (Lipinski definition) is 1. The van der Waals surface area contributed by atoms with E-state index in [1.165, 1.54) is 0 Å². The van der Waals surface area contributed by atoms with E-state index >= 15 is 0 Å². The van der Waals surface area contributed by atoms with E-state index in [0.29, 0.717) is 13.0 Å². The highest BCUT2D eigenvalue weighted by Gasteiger charge is 2.25. The van der Waals surface area contributed by atoms with Crippen molar-refractivity contribution in [2.24, 2.45) is 0 Å². The summed E-state index contributed by atoms with van der Waals surface area (Å²) in [5.74, 6) is 0.112. The molecule has 7 heteroatoms. The molecular weight excluding hydrogens is 286 g/mol. The van der Waals surface area contributed by atoms with Crippen molar-refractivity contribution in [2.75, 3.05) is 18.0 Å². The Labute approximate surface area is 128 Å². The van der Waals surface area contributed by atoms with E-state index in [0.717, 1.165) is 22.3 Å². The Bertz CT molecular complexity index is 637. The number of imidazole rings is 1. The van der Waals surface area contributed by atoms with Crippen LogP contribution < -0.4 is 10.2 Å². The van der Waals surface area contributed by atoms with E-state index in [1.807, 2.05) is 10.7 Å². The Morgan fingerprint density at radius 1 is 1.43 bits per heavy atom. The fraction of sp³-hybridized carbons (Fsp3) is 0.643. The highest BCUT2D eigenvalue weighted by Crippen LogP contribution is 2.29. The molecule has 1 N–H and O–H groups in total. The van der Waals surface area contributed by atoms with Gasteiger partial charge in [0, 0.05) is 31.0 Å². The van der Waals surface area contributed by atoms with Gasteiger partial charge < -0.3 is 10.2 Å². The third-order valence-corrected chi connectivity index (χ3v) is 4.69. The van der Waals surface area contributed by atoms with Crippen LogP contribution in [0.5, 0.6) is 0 Å². The van der Waals surface area contributed by atoms with Crippen molar-refractivity contribution < 1.29 is 4.79 Å². The van der Waals surface area contributed by atoms with Crippen molar-refractivity contribution in [1.29, 1.82) is 0 Å². The normalized spacial score (nSPS) is 20.7. The molecule has 0 saturated carbocycles. The minimum Gasteiger partial charge on any atom is -0.354 e. The van der Waals surface area contributed by atoms with Crippen LogP contribution in [0.4, 0.5) is 5.13 Å². The van der Waals surface area contributed by atoms with Gasteiger partial charge in [-0.1, -0.05) is 32.1 Å². The third-order valence-electron chi connectivity index (χ3n) is 3.73. The van der Waals surface area contributed by atoms with Crippen LogP contribution >= 0.6 is 11.3 Å². The Kier molecular flexibility index (Phi) is 3.39. The highest BCUT2D eigenvalue weighted by molar-refractivity contribution is 7.20. The number of nitrogens with one attached hydrogen (secondary N) is 1. The number of anilines is 1. The SMILES string of the molecule is C[C@H]1CC(=O)NCCN1c1nn2cc(C(C)(C)C)nc2s1. The van der Waals surface area contributed by atoms with Crippen LogP contribution in [0.15, 0.2) is 6.20 Å². The fourth-order valence-electron chi connectivity index (χ4n) is 2.44. The molecule has 1 saturated heterocycles. The van der Waals surface area contributed by atoms with Crippen LogP contribution in [-0.2, 0) is 10.2 Å². The molecule has 21 heavy (non-hydrogen) atoms. The van der Waals surface area contributed by atoms with Crippen molar-refractivity contribution in [3.05, 3.63) is 11.9 Å². The van der Waals surface area contributed by atoms with Crippen LogP contribution in [0.25, 0.3) is 4.96 Å². The van der Waals surface area contributed by atoms with E-state index in [-0.39, 0.29) is 17.4 Å². The number of nitrogens with zero attached hydrogens (tertiary/aromatic N) is 4. The fourth-order valence-corrected chi connectivity index (χ4v) is 3.45. The lowest BCUT2D eigenvalue weighted by molar-refractivity contribution is -0.120. The highest BCUT2D eigenvalue weighted by atomic mass is 32.1. The molecule has 2 aromatic rings. The predicted molar refractivity (Wildman–Crippen MR) is 84.0 cm³/mol. The van der Waals surface area contributed by atoms with Crippen molar-refractivity contribution >= 4 is 27.3 Å². The van der Waals surface area contributed by atoms with Gasteiger partial charge in [0.25, 0.3) is 0 Å². The van der Waals surface area contributed by atoms with Gasteiger partial charge in [0.05, 0.1) is 11.9 Å². The molecule has 1 aliphatic rings. The predicted octanol–water partition coefficient (Wildman–Crippen LogP) is 1.80. The summed E-state index contributed by atoms with van der Waals surface area (Å²) in [5, 5.41) is 8.48. The number of aromatic nitrogens is 3. The maximum absolute atomic E-state index is 11.6. The van der Waals surface area contributed by atoms with Crippen LogP contribution in [-0.4, -0.2) is 39.6 Å². The van der Waals surface area contributed by atoms with E-state index in [2.05, 4.69) is 48.0 Å². The van der Waals surface area contributed by atoms with Gasteiger partial charge in [-0.15, -0.1) is 5.10 Å². The van der Waals surface area contributed by atoms with Gasteiger partial charge in [-0.3, -0.25) is 4.79 Å². The van der Waals surface area contributed by atoms with E-state index < -0.39 is 0 Å². The van der Waals surface area contributed by atoms with Crippen LogP contribution in [0.1, 0.15) is 39.8 Å². The zero-order valence-corrected chi connectivity index (χ0v) is 13.7. The molecule has 0 aliphatic carbocycles. The Morgan fingerprint density at radius 3 is 2.86 bits per heavy atom. The van der Waals surface area contributed by atoms with Gasteiger partial charge in [-0.05, 0) is 6.92 Å². The zero-order valence-electron chi connectivity index (χ0n) is 12.9. The van der Waals surface area contributed by atoms with Crippen molar-refractivity contribution in [3.8, 4) is 0 Å². The minimum absolute atomic E-state index is 0.0276. The van der Waals surface area contributed by atoms with Crippen molar-refractivity contribution in [3.63, 3.8) is 0 Å².